The van der Waals surface area contributed by atoms with Crippen molar-refractivity contribution in [1.29, 1.82) is 0 Å². The van der Waals surface area contributed by atoms with Crippen molar-refractivity contribution in [1.82, 2.24) is 24.5 Å². The maximum atomic E-state index is 14.2. The molecular formula is C31H45FN6O4S. The molecule has 3 fully saturated rings. The predicted molar refractivity (Wildman–Crippen MR) is 164 cm³/mol. The number of carbonyl (C=O) groups excluding carboxylic acids is 1. The van der Waals surface area contributed by atoms with Gasteiger partial charge in [0.25, 0.3) is 5.91 Å². The summed E-state index contributed by atoms with van der Waals surface area (Å²) in [6.07, 6.45) is 8.10. The van der Waals surface area contributed by atoms with Crippen molar-refractivity contribution >= 4 is 21.7 Å². The van der Waals surface area contributed by atoms with Gasteiger partial charge in [-0.15, -0.1) is 0 Å². The molecule has 1 N–H and O–H groups in total. The van der Waals surface area contributed by atoms with Gasteiger partial charge in [-0.1, -0.05) is 0 Å². The molecule has 1 aliphatic carbocycles. The van der Waals surface area contributed by atoms with Gasteiger partial charge in [-0.3, -0.25) is 4.79 Å². The molecule has 1 amide bonds. The second kappa shape index (κ2) is 13.0. The molecule has 0 bridgehead atoms. The summed E-state index contributed by atoms with van der Waals surface area (Å²) >= 11 is 0. The van der Waals surface area contributed by atoms with Crippen LogP contribution in [0.3, 0.4) is 0 Å². The zero-order chi connectivity index (χ0) is 30.8. The standard InChI is InChI=1S/C31H45FN6O4S/c1-5-38(22(3)4)30(39)26-15-24(32)7-8-27(26)42-28-16-33-21-34-29(28)37-14-11-23(18-37)17-36-19-31(20-36)12-9-25(10-13-31)35-43(40,41)6-2/h7-8,15-16,21-23,25,35H,5-6,9-14,17-20H2,1-4H3/t23-/m1/s1. The normalized spacial score (nSPS) is 20.9. The largest absolute Gasteiger partial charge is 0.451 e. The van der Waals surface area contributed by atoms with E-state index in [1.165, 1.54) is 24.5 Å². The summed E-state index contributed by atoms with van der Waals surface area (Å²) in [6.45, 7) is 12.8. The lowest BCUT2D eigenvalue weighted by Gasteiger charge is -2.54. The van der Waals surface area contributed by atoms with Gasteiger partial charge in [0.1, 0.15) is 17.9 Å². The third-order valence-electron chi connectivity index (χ3n) is 9.27. The van der Waals surface area contributed by atoms with Crippen LogP contribution in [0, 0.1) is 17.2 Å². The number of anilines is 1. The molecule has 236 valence electrons. The number of likely N-dealkylation sites (tertiary alicyclic amines) is 1. The first-order valence-corrected chi connectivity index (χ1v) is 17.2. The lowest BCUT2D eigenvalue weighted by atomic mass is 9.67. The average Bonchev–Trinajstić information content (AvgIpc) is 3.43. The number of hydrogen-bond donors (Lipinski definition) is 1. The van der Waals surface area contributed by atoms with Crippen molar-refractivity contribution in [3.05, 3.63) is 42.1 Å². The molecule has 3 heterocycles. The Morgan fingerprint density at radius 3 is 2.60 bits per heavy atom. The highest BCUT2D eigenvalue weighted by Gasteiger charge is 2.46. The van der Waals surface area contributed by atoms with Gasteiger partial charge in [-0.2, -0.15) is 0 Å². The topological polar surface area (TPSA) is 108 Å². The van der Waals surface area contributed by atoms with Crippen LogP contribution in [0.2, 0.25) is 0 Å². The summed E-state index contributed by atoms with van der Waals surface area (Å²) < 4.78 is 47.2. The lowest BCUT2D eigenvalue weighted by molar-refractivity contribution is -0.0386. The highest BCUT2D eigenvalue weighted by atomic mass is 32.2. The summed E-state index contributed by atoms with van der Waals surface area (Å²) in [5.74, 6) is 1.23. The molecule has 0 unspecified atom stereocenters. The molecule has 10 nitrogen and oxygen atoms in total. The summed E-state index contributed by atoms with van der Waals surface area (Å²) in [4.78, 5) is 28.4. The Bertz CT molecular complexity index is 1390. The van der Waals surface area contributed by atoms with Gasteiger partial charge in [0.15, 0.2) is 11.6 Å². The van der Waals surface area contributed by atoms with Gasteiger partial charge in [0.05, 0.1) is 17.5 Å². The van der Waals surface area contributed by atoms with Crippen LogP contribution in [-0.2, 0) is 10.0 Å². The number of nitrogens with zero attached hydrogens (tertiary/aromatic N) is 5. The molecule has 3 aliphatic rings. The zero-order valence-corrected chi connectivity index (χ0v) is 26.6. The fourth-order valence-electron chi connectivity index (χ4n) is 6.97. The van der Waals surface area contributed by atoms with Crippen LogP contribution in [0.5, 0.6) is 11.5 Å². The Balaban J connectivity index is 1.18. The van der Waals surface area contributed by atoms with Crippen molar-refractivity contribution in [3.8, 4) is 11.5 Å². The summed E-state index contributed by atoms with van der Waals surface area (Å²) in [6, 6.07) is 4.05. The smallest absolute Gasteiger partial charge is 0.257 e. The molecule has 5 rings (SSSR count). The molecule has 2 saturated heterocycles. The maximum absolute atomic E-state index is 14.2. The number of hydrogen-bond acceptors (Lipinski definition) is 8. The Hall–Kier alpha value is -2.83. The number of halogens is 1. The first kappa shape index (κ1) is 31.6. The number of nitrogens with one attached hydrogen (secondary N) is 1. The molecule has 0 radical (unpaired) electrons. The van der Waals surface area contributed by atoms with E-state index >= 15 is 0 Å². The summed E-state index contributed by atoms with van der Waals surface area (Å²) in [5, 5.41) is 0. The van der Waals surface area contributed by atoms with Crippen molar-refractivity contribution in [3.63, 3.8) is 0 Å². The van der Waals surface area contributed by atoms with E-state index in [0.29, 0.717) is 29.4 Å². The summed E-state index contributed by atoms with van der Waals surface area (Å²) in [5.41, 5.74) is 0.501. The first-order chi connectivity index (χ1) is 20.5. The Morgan fingerprint density at radius 1 is 1.19 bits per heavy atom. The first-order valence-electron chi connectivity index (χ1n) is 15.6. The van der Waals surface area contributed by atoms with Crippen LogP contribution >= 0.6 is 0 Å². The number of ether oxygens (including phenoxy) is 1. The third-order valence-corrected chi connectivity index (χ3v) is 10.7. The van der Waals surface area contributed by atoms with Gasteiger partial charge >= 0.3 is 0 Å². The minimum Gasteiger partial charge on any atom is -0.451 e. The number of amides is 1. The van der Waals surface area contributed by atoms with Crippen molar-refractivity contribution in [2.24, 2.45) is 11.3 Å². The molecule has 1 spiro atoms. The van der Waals surface area contributed by atoms with Crippen LogP contribution in [0.1, 0.15) is 70.2 Å². The van der Waals surface area contributed by atoms with E-state index in [9.17, 15) is 17.6 Å². The molecule has 1 aromatic carbocycles. The molecular weight excluding hydrogens is 571 g/mol. The van der Waals surface area contributed by atoms with E-state index in [1.54, 1.807) is 18.0 Å². The van der Waals surface area contributed by atoms with Crippen molar-refractivity contribution in [2.75, 3.05) is 49.9 Å². The number of benzene rings is 1. The fraction of sp³-hybridized carbons (Fsp3) is 0.645. The minimum atomic E-state index is -3.15. The van der Waals surface area contributed by atoms with E-state index in [-0.39, 0.29) is 35.1 Å². The van der Waals surface area contributed by atoms with Gasteiger partial charge in [0, 0.05) is 51.4 Å². The molecule has 1 saturated carbocycles. The van der Waals surface area contributed by atoms with Crippen LogP contribution < -0.4 is 14.4 Å². The zero-order valence-electron chi connectivity index (χ0n) is 25.8. The molecule has 1 atom stereocenters. The number of sulfonamides is 1. The highest BCUT2D eigenvalue weighted by molar-refractivity contribution is 7.89. The number of carbonyl (C=O) groups is 1. The Morgan fingerprint density at radius 2 is 1.93 bits per heavy atom. The summed E-state index contributed by atoms with van der Waals surface area (Å²) in [7, 11) is -3.15. The minimum absolute atomic E-state index is 0.0382. The second-order valence-corrected chi connectivity index (χ2v) is 14.7. The number of rotatable bonds is 11. The van der Waals surface area contributed by atoms with Crippen LogP contribution in [0.15, 0.2) is 30.7 Å². The van der Waals surface area contributed by atoms with Gasteiger partial charge in [-0.25, -0.2) is 27.5 Å². The quantitative estimate of drug-likeness (QED) is 0.399. The number of aromatic nitrogens is 2. The lowest BCUT2D eigenvalue weighted by Crippen LogP contribution is -2.59. The maximum Gasteiger partial charge on any atom is 0.257 e. The highest BCUT2D eigenvalue weighted by Crippen LogP contribution is 2.45. The van der Waals surface area contributed by atoms with Gasteiger partial charge in [-0.05, 0) is 89.3 Å². The molecule has 2 aromatic rings. The van der Waals surface area contributed by atoms with Gasteiger partial charge in [0.2, 0.25) is 10.0 Å². The van der Waals surface area contributed by atoms with E-state index in [4.69, 9.17) is 4.74 Å². The van der Waals surface area contributed by atoms with Crippen molar-refractivity contribution in [2.45, 2.75) is 71.9 Å². The fourth-order valence-corrected chi connectivity index (χ4v) is 7.88. The van der Waals surface area contributed by atoms with Crippen LogP contribution in [0.25, 0.3) is 0 Å². The second-order valence-electron chi connectivity index (χ2n) is 12.7. The average molecular weight is 617 g/mol. The third kappa shape index (κ3) is 7.29. The van der Waals surface area contributed by atoms with E-state index in [0.717, 1.165) is 64.8 Å². The van der Waals surface area contributed by atoms with E-state index in [1.807, 2.05) is 20.8 Å². The van der Waals surface area contributed by atoms with E-state index < -0.39 is 15.8 Å². The molecule has 1 aromatic heterocycles. The van der Waals surface area contributed by atoms with Crippen LogP contribution in [0.4, 0.5) is 10.2 Å². The predicted octanol–water partition coefficient (Wildman–Crippen LogP) is 4.29. The molecule has 12 heteroatoms. The van der Waals surface area contributed by atoms with Gasteiger partial charge < -0.3 is 19.4 Å². The Labute approximate surface area is 255 Å². The molecule has 43 heavy (non-hydrogen) atoms. The Kier molecular flexibility index (Phi) is 9.58. The van der Waals surface area contributed by atoms with Crippen LogP contribution in [-0.4, -0.2) is 91.2 Å². The monoisotopic (exact) mass is 616 g/mol. The SMILES string of the molecule is CCN(C(=O)c1cc(F)ccc1Oc1cncnc1N1CC[C@H](CN2CC3(CCC(NS(=O)(=O)CC)CC3)C2)C1)C(C)C. The molecule has 2 aliphatic heterocycles. The van der Waals surface area contributed by atoms with E-state index in [2.05, 4.69) is 24.5 Å². The van der Waals surface area contributed by atoms with Crippen molar-refractivity contribution < 1.29 is 22.3 Å².